The van der Waals surface area contributed by atoms with Crippen LogP contribution >= 0.6 is 0 Å². The minimum Gasteiger partial charge on any atom is -0.458 e. The number of hydrogen-bond donors (Lipinski definition) is 2. The molecule has 9 atom stereocenters. The normalized spacial score (nSPS) is 38.2. The second-order valence-electron chi connectivity index (χ2n) is 12.9. The molecule has 0 heterocycles. The zero-order valence-electron chi connectivity index (χ0n) is 25.3. The third kappa shape index (κ3) is 5.02. The van der Waals surface area contributed by atoms with Crippen LogP contribution in [0.15, 0.2) is 48.1 Å². The summed E-state index contributed by atoms with van der Waals surface area (Å²) >= 11 is 0. The first-order valence-corrected chi connectivity index (χ1v) is 14.6. The van der Waals surface area contributed by atoms with E-state index < -0.39 is 59.1 Å². The van der Waals surface area contributed by atoms with E-state index in [9.17, 15) is 19.5 Å². The number of rotatable bonds is 6. The van der Waals surface area contributed by atoms with Crippen LogP contribution in [0.5, 0.6) is 0 Å². The number of allylic oxidation sites excluding steroid dienone is 4. The van der Waals surface area contributed by atoms with E-state index >= 15 is 8.78 Å². The van der Waals surface area contributed by atoms with Gasteiger partial charge in [0.25, 0.3) is 0 Å². The number of carbonyl (C=O) groups excluding carboxylic acids is 3. The number of esters is 1. The van der Waals surface area contributed by atoms with E-state index in [1.165, 1.54) is 25.2 Å². The third-order valence-corrected chi connectivity index (χ3v) is 10.5. The second-order valence-corrected chi connectivity index (χ2v) is 12.9. The number of anilines is 1. The molecule has 0 amide bonds. The lowest BCUT2D eigenvalue weighted by Crippen LogP contribution is -2.68. The predicted molar refractivity (Wildman–Crippen MR) is 155 cm³/mol. The van der Waals surface area contributed by atoms with Gasteiger partial charge in [-0.3, -0.25) is 14.4 Å². The fraction of sp³-hybridized carbons (Fsp3) is 0.606. The summed E-state index contributed by atoms with van der Waals surface area (Å²) in [6.45, 7) is 6.83. The van der Waals surface area contributed by atoms with Crippen LogP contribution in [-0.4, -0.2) is 73.0 Å². The molecule has 7 nitrogen and oxygen atoms in total. The SMILES string of the molecule is CC(=O)OCC(=O)C1[C@H](CN(C)c2ccc(C)cc2)CC2C3C[C@H](F)C4=CC(=O)C=CC4(C)[C@@]3(F)C(O)CC21C.CO. The average molecular weight is 588 g/mol. The standard InChI is InChI=1S/C32H39F2NO5.CH4O/c1-18-6-8-21(9-7-18)35(5)16-20-12-23-24-14-26(33)25-13-22(37)10-11-31(25,4)32(24,34)28(39)15-30(23,3)29(20)27(38)17-40-19(2)36;1-2/h6-11,13,20,23-24,26,28-29,39H,12,14-17H2,1-5H3;2H,1H3/t20-,23?,24?,26-,28?,29?,30?,31?,32-;/m0./s1. The molecule has 0 bridgehead atoms. The molecule has 3 saturated carbocycles. The number of benzene rings is 1. The van der Waals surface area contributed by atoms with Gasteiger partial charge in [-0.25, -0.2) is 8.78 Å². The number of Topliss-reactive ketones (excluding diaryl/α,β-unsaturated/α-hetero) is 1. The van der Waals surface area contributed by atoms with Crippen LogP contribution in [0.1, 0.15) is 45.6 Å². The Labute approximate surface area is 246 Å². The highest BCUT2D eigenvalue weighted by Gasteiger charge is 2.73. The monoisotopic (exact) mass is 587 g/mol. The maximum atomic E-state index is 17.5. The Morgan fingerprint density at radius 1 is 1.12 bits per heavy atom. The van der Waals surface area contributed by atoms with Gasteiger partial charge in [0, 0.05) is 50.6 Å². The quantitative estimate of drug-likeness (QED) is 0.478. The molecule has 42 heavy (non-hydrogen) atoms. The average Bonchev–Trinajstić information content (AvgIpc) is 3.22. The molecule has 6 unspecified atom stereocenters. The zero-order valence-corrected chi connectivity index (χ0v) is 25.3. The summed E-state index contributed by atoms with van der Waals surface area (Å²) in [6.07, 6.45) is 1.17. The Morgan fingerprint density at radius 3 is 2.38 bits per heavy atom. The molecule has 4 aliphatic rings. The van der Waals surface area contributed by atoms with Crippen molar-refractivity contribution in [1.82, 2.24) is 0 Å². The maximum absolute atomic E-state index is 17.5. The summed E-state index contributed by atoms with van der Waals surface area (Å²) in [5.41, 5.74) is -2.34. The molecule has 5 rings (SSSR count). The van der Waals surface area contributed by atoms with Crippen LogP contribution in [0.4, 0.5) is 14.5 Å². The first-order chi connectivity index (χ1) is 19.7. The number of halogens is 2. The van der Waals surface area contributed by atoms with E-state index in [0.717, 1.165) is 18.4 Å². The lowest BCUT2D eigenvalue weighted by atomic mass is 9.45. The van der Waals surface area contributed by atoms with E-state index in [2.05, 4.69) is 4.90 Å². The van der Waals surface area contributed by atoms with Crippen molar-refractivity contribution >= 4 is 23.2 Å². The van der Waals surface area contributed by atoms with Crippen molar-refractivity contribution in [2.75, 3.05) is 32.2 Å². The van der Waals surface area contributed by atoms with Crippen LogP contribution in [0, 0.1) is 41.4 Å². The molecule has 1 aromatic rings. The van der Waals surface area contributed by atoms with Gasteiger partial charge in [0.2, 0.25) is 0 Å². The van der Waals surface area contributed by atoms with E-state index in [4.69, 9.17) is 9.84 Å². The van der Waals surface area contributed by atoms with Crippen LogP contribution in [0.2, 0.25) is 0 Å². The molecule has 0 spiro atoms. The number of aryl methyl sites for hydroxylation is 1. The molecule has 0 aromatic heterocycles. The number of aliphatic hydroxyl groups is 2. The van der Waals surface area contributed by atoms with Crippen molar-refractivity contribution in [3.05, 3.63) is 53.6 Å². The molecule has 4 aliphatic carbocycles. The molecule has 9 heteroatoms. The Bertz CT molecular complexity index is 1280. The van der Waals surface area contributed by atoms with Crippen LogP contribution in [0.3, 0.4) is 0 Å². The Hall–Kier alpha value is -2.91. The van der Waals surface area contributed by atoms with Crippen LogP contribution in [-0.2, 0) is 19.1 Å². The molecular formula is C33H43F2NO6. The number of nitrogens with zero attached hydrogens (tertiary/aromatic N) is 1. The molecular weight excluding hydrogens is 544 g/mol. The summed E-state index contributed by atoms with van der Waals surface area (Å²) in [4.78, 5) is 39.4. The summed E-state index contributed by atoms with van der Waals surface area (Å²) in [5.74, 6) is -3.32. The maximum Gasteiger partial charge on any atom is 0.303 e. The predicted octanol–water partition coefficient (Wildman–Crippen LogP) is 4.33. The zero-order chi connectivity index (χ0) is 31.2. The molecule has 230 valence electrons. The van der Waals surface area contributed by atoms with Crippen LogP contribution < -0.4 is 4.90 Å². The number of alkyl halides is 2. The highest BCUT2D eigenvalue weighted by molar-refractivity contribution is 6.01. The van der Waals surface area contributed by atoms with Gasteiger partial charge < -0.3 is 19.8 Å². The van der Waals surface area contributed by atoms with Crippen molar-refractivity contribution in [3.63, 3.8) is 0 Å². The lowest BCUT2D eigenvalue weighted by Gasteiger charge is -2.62. The largest absolute Gasteiger partial charge is 0.458 e. The molecule has 0 saturated heterocycles. The minimum atomic E-state index is -2.20. The van der Waals surface area contributed by atoms with Crippen molar-refractivity contribution in [1.29, 1.82) is 0 Å². The summed E-state index contributed by atoms with van der Waals surface area (Å²) in [6, 6.07) is 8.03. The van der Waals surface area contributed by atoms with E-state index in [0.29, 0.717) is 13.0 Å². The van der Waals surface area contributed by atoms with Gasteiger partial charge in [0.1, 0.15) is 12.8 Å². The topological polar surface area (TPSA) is 104 Å². The van der Waals surface area contributed by atoms with Crippen LogP contribution in [0.25, 0.3) is 0 Å². The number of carbonyl (C=O) groups is 3. The van der Waals surface area contributed by atoms with E-state index in [-0.39, 0.29) is 35.9 Å². The van der Waals surface area contributed by atoms with Gasteiger partial charge in [-0.2, -0.15) is 0 Å². The van der Waals surface area contributed by atoms with Crippen molar-refractivity contribution in [2.24, 2.45) is 34.5 Å². The molecule has 1 aromatic carbocycles. The van der Waals surface area contributed by atoms with Gasteiger partial charge in [-0.1, -0.05) is 30.7 Å². The lowest BCUT2D eigenvalue weighted by molar-refractivity contribution is -0.202. The highest BCUT2D eigenvalue weighted by Crippen LogP contribution is 2.70. The first-order valence-electron chi connectivity index (χ1n) is 14.6. The number of ketones is 2. The number of hydrogen-bond acceptors (Lipinski definition) is 7. The highest BCUT2D eigenvalue weighted by atomic mass is 19.1. The first kappa shape index (κ1) is 32.0. The number of ether oxygens (including phenoxy) is 1. The van der Waals surface area contributed by atoms with Crippen molar-refractivity contribution in [3.8, 4) is 0 Å². The smallest absolute Gasteiger partial charge is 0.303 e. The van der Waals surface area contributed by atoms with Crippen molar-refractivity contribution < 1.29 is 38.1 Å². The van der Waals surface area contributed by atoms with Crippen molar-refractivity contribution in [2.45, 2.75) is 64.9 Å². The summed E-state index contributed by atoms with van der Waals surface area (Å²) in [7, 11) is 2.94. The van der Waals surface area contributed by atoms with E-state index in [1.807, 2.05) is 45.2 Å². The Kier molecular flexibility index (Phi) is 8.87. The molecule has 2 N–H and O–H groups in total. The van der Waals surface area contributed by atoms with Gasteiger partial charge in [0.15, 0.2) is 17.2 Å². The minimum absolute atomic E-state index is 0.00744. The van der Waals surface area contributed by atoms with Gasteiger partial charge >= 0.3 is 5.97 Å². The van der Waals surface area contributed by atoms with Gasteiger partial charge in [-0.05, 0) is 80.2 Å². The van der Waals surface area contributed by atoms with E-state index in [1.54, 1.807) is 6.92 Å². The fourth-order valence-corrected chi connectivity index (χ4v) is 8.72. The Morgan fingerprint density at radius 2 is 1.76 bits per heavy atom. The molecule has 0 radical (unpaired) electrons. The van der Waals surface area contributed by atoms with Gasteiger partial charge in [-0.15, -0.1) is 0 Å². The molecule has 0 aliphatic heterocycles. The summed E-state index contributed by atoms with van der Waals surface area (Å²) < 4.78 is 38.4. The number of aliphatic hydroxyl groups excluding tert-OH is 2. The summed E-state index contributed by atoms with van der Waals surface area (Å²) in [5, 5.41) is 18.6. The fourth-order valence-electron chi connectivity index (χ4n) is 8.72. The second kappa shape index (κ2) is 11.6. The van der Waals surface area contributed by atoms with Gasteiger partial charge in [0.05, 0.1) is 6.10 Å². The molecule has 3 fully saturated rings. The number of fused-ring (bicyclic) bond motifs is 5. The Balaban J connectivity index is 0.00000198. The third-order valence-electron chi connectivity index (χ3n) is 10.5.